The molecule has 6 rings (SSSR count). The number of anilines is 2. The van der Waals surface area contributed by atoms with E-state index in [0.717, 1.165) is 66.4 Å². The number of rotatable bonds is 8. The van der Waals surface area contributed by atoms with Crippen molar-refractivity contribution in [1.29, 1.82) is 0 Å². The normalized spacial score (nSPS) is 21.8. The van der Waals surface area contributed by atoms with E-state index in [-0.39, 0.29) is 23.6 Å². The summed E-state index contributed by atoms with van der Waals surface area (Å²) in [6.07, 6.45) is 6.95. The van der Waals surface area contributed by atoms with E-state index in [0.29, 0.717) is 24.4 Å². The van der Waals surface area contributed by atoms with Gasteiger partial charge in [-0.1, -0.05) is 45.0 Å². The average Bonchev–Trinajstić information content (AvgIpc) is 3.61. The molecule has 1 fully saturated rings. The van der Waals surface area contributed by atoms with E-state index in [9.17, 15) is 4.79 Å². The topological polar surface area (TPSA) is 105 Å². The molecule has 1 saturated heterocycles. The summed E-state index contributed by atoms with van der Waals surface area (Å²) in [6.45, 7) is 12.4. The third-order valence-corrected chi connectivity index (χ3v) is 9.35. The first kappa shape index (κ1) is 31.8. The molecule has 3 aromatic heterocycles. The summed E-state index contributed by atoms with van der Waals surface area (Å²) < 4.78 is 10.6. The molecule has 246 valence electrons. The SMILES string of the molecule is C[C@@H]1CCC[C@H](C)N1c1nnc2ccc(O[C@@H]3CC[C@H](NC(=O)Nc4cc(C(C)(C)C)nn4CCN(C)C)c4ccccc43)cn12. The second-order valence-corrected chi connectivity index (χ2v) is 14.3. The first-order valence-electron chi connectivity index (χ1n) is 16.7. The molecule has 46 heavy (non-hydrogen) atoms. The van der Waals surface area contributed by atoms with Crippen LogP contribution in [0, 0.1) is 0 Å². The van der Waals surface area contributed by atoms with Crippen LogP contribution in [0.5, 0.6) is 5.75 Å². The Bertz CT molecular complexity index is 1660. The van der Waals surface area contributed by atoms with E-state index >= 15 is 0 Å². The standard InChI is InChI=1S/C35H49N9O2/c1-23-11-10-12-24(2)44(23)34-39-38-31-18-15-25(22-42(31)34)46-29-17-16-28(26-13-8-9-14-27(26)29)36-33(45)37-32-21-30(35(3,4)5)40-43(32)20-19-41(6)7/h8-9,13-15,18,21-24,28-29H,10-12,16-17,19-20H2,1-7H3,(H2,36,37,45)/t23-,24+,28-,29+/m0/s1. The molecule has 2 amide bonds. The number of aromatic nitrogens is 5. The summed E-state index contributed by atoms with van der Waals surface area (Å²) in [5.74, 6) is 2.35. The minimum Gasteiger partial charge on any atom is -0.484 e. The van der Waals surface area contributed by atoms with Crippen molar-refractivity contribution in [3.8, 4) is 5.75 Å². The number of carbonyl (C=O) groups is 1. The van der Waals surface area contributed by atoms with Gasteiger partial charge in [-0.2, -0.15) is 5.10 Å². The molecule has 1 aliphatic heterocycles. The third-order valence-electron chi connectivity index (χ3n) is 9.35. The summed E-state index contributed by atoms with van der Waals surface area (Å²) in [7, 11) is 4.07. The molecule has 0 spiro atoms. The number of amides is 2. The minimum atomic E-state index is -0.239. The lowest BCUT2D eigenvalue weighted by Crippen LogP contribution is -2.44. The summed E-state index contributed by atoms with van der Waals surface area (Å²) in [4.78, 5) is 17.9. The molecule has 2 aliphatic rings. The van der Waals surface area contributed by atoms with Crippen LogP contribution in [0.4, 0.5) is 16.6 Å². The summed E-state index contributed by atoms with van der Waals surface area (Å²) >= 11 is 0. The van der Waals surface area contributed by atoms with Gasteiger partial charge < -0.3 is 19.9 Å². The second kappa shape index (κ2) is 12.9. The molecular formula is C35H49N9O2. The number of piperidine rings is 1. The zero-order valence-electron chi connectivity index (χ0n) is 28.3. The van der Waals surface area contributed by atoms with Crippen LogP contribution in [-0.2, 0) is 12.0 Å². The zero-order chi connectivity index (χ0) is 32.6. The average molecular weight is 628 g/mol. The first-order chi connectivity index (χ1) is 22.0. The van der Waals surface area contributed by atoms with Gasteiger partial charge in [-0.25, -0.2) is 9.48 Å². The van der Waals surface area contributed by atoms with Crippen LogP contribution >= 0.6 is 0 Å². The number of fused-ring (bicyclic) bond motifs is 2. The maximum absolute atomic E-state index is 13.4. The van der Waals surface area contributed by atoms with E-state index in [2.05, 4.69) is 81.8 Å². The number of urea groups is 1. The third kappa shape index (κ3) is 6.70. The van der Waals surface area contributed by atoms with E-state index < -0.39 is 0 Å². The highest BCUT2D eigenvalue weighted by molar-refractivity contribution is 5.88. The molecule has 1 aliphatic carbocycles. The Hall–Kier alpha value is -4.12. The number of carbonyl (C=O) groups excluding carboxylic acids is 1. The number of benzene rings is 1. The van der Waals surface area contributed by atoms with Crippen LogP contribution in [0.1, 0.15) is 95.7 Å². The van der Waals surface area contributed by atoms with Gasteiger partial charge in [-0.05, 0) is 83.3 Å². The second-order valence-electron chi connectivity index (χ2n) is 14.3. The Kier molecular flexibility index (Phi) is 8.96. The number of ether oxygens (including phenoxy) is 1. The number of nitrogens with one attached hydrogen (secondary N) is 2. The number of hydrogen-bond donors (Lipinski definition) is 2. The van der Waals surface area contributed by atoms with Crippen molar-refractivity contribution < 1.29 is 9.53 Å². The maximum atomic E-state index is 13.4. The van der Waals surface area contributed by atoms with E-state index in [1.165, 1.54) is 6.42 Å². The largest absolute Gasteiger partial charge is 0.484 e. The molecule has 4 aromatic rings. The van der Waals surface area contributed by atoms with Crippen molar-refractivity contribution in [1.82, 2.24) is 34.6 Å². The van der Waals surface area contributed by atoms with Crippen LogP contribution in [0.3, 0.4) is 0 Å². The van der Waals surface area contributed by atoms with E-state index in [1.807, 2.05) is 55.3 Å². The molecule has 11 heteroatoms. The Morgan fingerprint density at radius 2 is 1.74 bits per heavy atom. The quantitative estimate of drug-likeness (QED) is 0.235. The van der Waals surface area contributed by atoms with Crippen molar-refractivity contribution in [3.63, 3.8) is 0 Å². The number of likely N-dealkylation sites (N-methyl/N-ethyl adjacent to an activating group) is 1. The van der Waals surface area contributed by atoms with Gasteiger partial charge in [0.05, 0.1) is 24.5 Å². The van der Waals surface area contributed by atoms with Gasteiger partial charge in [0.1, 0.15) is 17.7 Å². The molecule has 4 heterocycles. The first-order valence-corrected chi connectivity index (χ1v) is 16.7. The summed E-state index contributed by atoms with van der Waals surface area (Å²) in [5, 5.41) is 20.2. The molecular weight excluding hydrogens is 578 g/mol. The lowest BCUT2D eigenvalue weighted by molar-refractivity contribution is 0.171. The van der Waals surface area contributed by atoms with Crippen LogP contribution in [0.2, 0.25) is 0 Å². The van der Waals surface area contributed by atoms with E-state index in [4.69, 9.17) is 9.84 Å². The molecule has 11 nitrogen and oxygen atoms in total. The fraction of sp³-hybridized carbons (Fsp3) is 0.543. The number of nitrogens with zero attached hydrogens (tertiary/aromatic N) is 7. The highest BCUT2D eigenvalue weighted by Crippen LogP contribution is 2.39. The fourth-order valence-corrected chi connectivity index (χ4v) is 6.77. The van der Waals surface area contributed by atoms with Gasteiger partial charge in [0.25, 0.3) is 0 Å². The predicted molar refractivity (Wildman–Crippen MR) is 182 cm³/mol. The Morgan fingerprint density at radius 3 is 2.46 bits per heavy atom. The molecule has 0 saturated carbocycles. The molecule has 1 aromatic carbocycles. The van der Waals surface area contributed by atoms with Crippen LogP contribution in [0.25, 0.3) is 5.65 Å². The lowest BCUT2D eigenvalue weighted by atomic mass is 9.85. The zero-order valence-corrected chi connectivity index (χ0v) is 28.3. The molecule has 0 unspecified atom stereocenters. The van der Waals surface area contributed by atoms with Crippen LogP contribution < -0.4 is 20.3 Å². The fourth-order valence-electron chi connectivity index (χ4n) is 6.77. The number of pyridine rings is 1. The van der Waals surface area contributed by atoms with Crippen LogP contribution in [0.15, 0.2) is 48.7 Å². The molecule has 4 atom stereocenters. The molecule has 2 N–H and O–H groups in total. The van der Waals surface area contributed by atoms with Crippen molar-refractivity contribution in [3.05, 3.63) is 65.5 Å². The van der Waals surface area contributed by atoms with Crippen molar-refractivity contribution in [2.75, 3.05) is 30.9 Å². The van der Waals surface area contributed by atoms with Gasteiger partial charge in [0.2, 0.25) is 5.95 Å². The Balaban J connectivity index is 1.18. The van der Waals surface area contributed by atoms with Gasteiger partial charge >= 0.3 is 6.03 Å². The number of hydrogen-bond acceptors (Lipinski definition) is 7. The van der Waals surface area contributed by atoms with Gasteiger partial charge in [0, 0.05) is 30.1 Å². The molecule has 0 radical (unpaired) electrons. The molecule has 0 bridgehead atoms. The maximum Gasteiger partial charge on any atom is 0.320 e. The van der Waals surface area contributed by atoms with Crippen molar-refractivity contribution in [2.24, 2.45) is 0 Å². The van der Waals surface area contributed by atoms with Gasteiger partial charge in [-0.3, -0.25) is 9.72 Å². The summed E-state index contributed by atoms with van der Waals surface area (Å²) in [6, 6.07) is 14.6. The Labute approximate surface area is 272 Å². The highest BCUT2D eigenvalue weighted by atomic mass is 16.5. The van der Waals surface area contributed by atoms with Gasteiger partial charge in [-0.15, -0.1) is 10.2 Å². The highest BCUT2D eigenvalue weighted by Gasteiger charge is 2.31. The van der Waals surface area contributed by atoms with E-state index in [1.54, 1.807) is 0 Å². The summed E-state index contributed by atoms with van der Waals surface area (Å²) in [5.41, 5.74) is 3.80. The Morgan fingerprint density at radius 1 is 1.00 bits per heavy atom. The predicted octanol–water partition coefficient (Wildman–Crippen LogP) is 6.33. The van der Waals surface area contributed by atoms with Crippen molar-refractivity contribution >= 4 is 23.4 Å². The van der Waals surface area contributed by atoms with Crippen molar-refractivity contribution in [2.45, 2.75) is 103 Å². The monoisotopic (exact) mass is 627 g/mol. The smallest absolute Gasteiger partial charge is 0.320 e. The van der Waals surface area contributed by atoms with Crippen LogP contribution in [-0.4, -0.2) is 68.0 Å². The van der Waals surface area contributed by atoms with Gasteiger partial charge in [0.15, 0.2) is 5.65 Å². The minimum absolute atomic E-state index is 0.127. The lowest BCUT2D eigenvalue weighted by Gasteiger charge is -2.39.